The van der Waals surface area contributed by atoms with Gasteiger partial charge >= 0.3 is 0 Å². The molecule has 1 amide bonds. The van der Waals surface area contributed by atoms with Crippen molar-refractivity contribution < 1.29 is 14.6 Å². The second-order valence-corrected chi connectivity index (χ2v) is 5.96. The highest BCUT2D eigenvalue weighted by molar-refractivity contribution is 5.76. The molecule has 1 N–H and O–H groups in total. The molecule has 23 heavy (non-hydrogen) atoms. The maximum atomic E-state index is 12.6. The largest absolute Gasteiger partial charge is 0.396 e. The van der Waals surface area contributed by atoms with Crippen LogP contribution in [0.15, 0.2) is 17.2 Å². The van der Waals surface area contributed by atoms with E-state index in [0.717, 1.165) is 6.42 Å². The molecule has 0 unspecified atom stereocenters. The van der Waals surface area contributed by atoms with Gasteiger partial charge in [0.15, 0.2) is 5.82 Å². The lowest BCUT2D eigenvalue weighted by Gasteiger charge is -2.27. The molecule has 2 saturated heterocycles. The van der Waals surface area contributed by atoms with Gasteiger partial charge < -0.3 is 24.2 Å². The van der Waals surface area contributed by atoms with Crippen molar-refractivity contribution >= 4 is 11.7 Å². The molecule has 0 aliphatic carbocycles. The Morgan fingerprint density at radius 1 is 1.35 bits per heavy atom. The molecule has 8 nitrogen and oxygen atoms in total. The minimum atomic E-state index is -0.257. The fraction of sp³-hybridized carbons (Fsp3) is 0.667. The second kappa shape index (κ2) is 7.10. The highest BCUT2D eigenvalue weighted by Crippen LogP contribution is 2.18. The molecule has 8 heteroatoms. The summed E-state index contributed by atoms with van der Waals surface area (Å²) in [6.07, 6.45) is 3.94. The molecule has 0 bridgehead atoms. The molecule has 0 aromatic carbocycles. The fourth-order valence-corrected chi connectivity index (χ4v) is 3.01. The van der Waals surface area contributed by atoms with Crippen LogP contribution in [0.5, 0.6) is 0 Å². The Hall–Kier alpha value is -1.93. The van der Waals surface area contributed by atoms with Crippen molar-refractivity contribution in [3.63, 3.8) is 0 Å². The third-order valence-electron chi connectivity index (χ3n) is 4.41. The summed E-state index contributed by atoms with van der Waals surface area (Å²) in [5.41, 5.74) is -0.257. The van der Waals surface area contributed by atoms with Gasteiger partial charge in [-0.1, -0.05) is 0 Å². The Bertz CT molecular complexity index is 612. The number of anilines is 1. The Labute approximate surface area is 134 Å². The molecule has 0 radical (unpaired) electrons. The highest BCUT2D eigenvalue weighted by atomic mass is 16.5. The highest BCUT2D eigenvalue weighted by Gasteiger charge is 2.25. The Morgan fingerprint density at radius 2 is 2.13 bits per heavy atom. The van der Waals surface area contributed by atoms with Crippen LogP contribution in [0.1, 0.15) is 6.42 Å². The third-order valence-corrected chi connectivity index (χ3v) is 4.41. The molecule has 126 valence electrons. The summed E-state index contributed by atoms with van der Waals surface area (Å²) < 4.78 is 6.64. The van der Waals surface area contributed by atoms with Gasteiger partial charge in [0.2, 0.25) is 5.91 Å². The predicted molar refractivity (Wildman–Crippen MR) is 83.3 cm³/mol. The number of carbonyl (C=O) groups is 1. The number of hydrogen-bond donors (Lipinski definition) is 1. The molecule has 0 saturated carbocycles. The van der Waals surface area contributed by atoms with Crippen molar-refractivity contribution in [3.05, 3.63) is 22.7 Å². The van der Waals surface area contributed by atoms with E-state index in [2.05, 4.69) is 4.98 Å². The van der Waals surface area contributed by atoms with Crippen molar-refractivity contribution in [1.29, 1.82) is 0 Å². The lowest BCUT2D eigenvalue weighted by molar-refractivity contribution is -0.135. The number of aromatic nitrogens is 2. The number of amides is 1. The second-order valence-electron chi connectivity index (χ2n) is 5.96. The number of rotatable bonds is 4. The maximum Gasteiger partial charge on any atom is 0.293 e. The zero-order valence-corrected chi connectivity index (χ0v) is 13.1. The summed E-state index contributed by atoms with van der Waals surface area (Å²) in [4.78, 5) is 32.6. The van der Waals surface area contributed by atoms with Crippen molar-refractivity contribution in [1.82, 2.24) is 14.5 Å². The van der Waals surface area contributed by atoms with E-state index in [1.807, 2.05) is 4.90 Å². The molecule has 3 heterocycles. The number of aliphatic hydroxyl groups excluding tert-OH is 1. The lowest BCUT2D eigenvalue weighted by atomic mass is 10.1. The summed E-state index contributed by atoms with van der Waals surface area (Å²) in [5, 5.41) is 9.23. The molecule has 0 spiro atoms. The van der Waals surface area contributed by atoms with Crippen LogP contribution in [-0.2, 0) is 16.1 Å². The summed E-state index contributed by atoms with van der Waals surface area (Å²) >= 11 is 0. The standard InChI is InChI=1S/C15H22N4O4/c20-11-12-1-3-18(9-12)14-15(22)19(4-2-16-14)10-13(21)17-5-7-23-8-6-17/h2,4,12,20H,1,3,5-11H2/t12-/m0/s1. The number of ether oxygens (including phenoxy) is 1. The number of carbonyl (C=O) groups excluding carboxylic acids is 1. The topological polar surface area (TPSA) is 87.9 Å². The molecule has 2 fully saturated rings. The number of aliphatic hydroxyl groups is 1. The van der Waals surface area contributed by atoms with Crippen molar-refractivity contribution in [3.8, 4) is 0 Å². The van der Waals surface area contributed by atoms with E-state index in [4.69, 9.17) is 4.74 Å². The van der Waals surface area contributed by atoms with E-state index in [1.54, 1.807) is 17.3 Å². The van der Waals surface area contributed by atoms with Gasteiger partial charge in [-0.05, 0) is 6.42 Å². The summed E-state index contributed by atoms with van der Waals surface area (Å²) in [6.45, 7) is 3.68. The maximum absolute atomic E-state index is 12.6. The zero-order chi connectivity index (χ0) is 16.2. The molecule has 1 aromatic rings. The summed E-state index contributed by atoms with van der Waals surface area (Å²) in [7, 11) is 0. The first-order valence-electron chi connectivity index (χ1n) is 7.96. The Balaban J connectivity index is 1.72. The SMILES string of the molecule is O=C(Cn1ccnc(N2CC[C@H](CO)C2)c1=O)N1CCOCC1. The van der Waals surface area contributed by atoms with Gasteiger partial charge in [0.05, 0.1) is 13.2 Å². The number of nitrogens with zero attached hydrogens (tertiary/aromatic N) is 4. The number of morpholine rings is 1. The van der Waals surface area contributed by atoms with Crippen LogP contribution in [0, 0.1) is 5.92 Å². The minimum absolute atomic E-state index is 0.0195. The molecule has 2 aliphatic rings. The smallest absolute Gasteiger partial charge is 0.293 e. The Kier molecular flexibility index (Phi) is 4.92. The van der Waals surface area contributed by atoms with Crippen LogP contribution >= 0.6 is 0 Å². The van der Waals surface area contributed by atoms with Gasteiger partial charge in [-0.3, -0.25) is 9.59 Å². The van der Waals surface area contributed by atoms with E-state index < -0.39 is 0 Å². The van der Waals surface area contributed by atoms with Crippen LogP contribution in [0.4, 0.5) is 5.82 Å². The van der Waals surface area contributed by atoms with E-state index in [-0.39, 0.29) is 30.5 Å². The Morgan fingerprint density at radius 3 is 2.83 bits per heavy atom. The molecule has 3 rings (SSSR count). The lowest BCUT2D eigenvalue weighted by Crippen LogP contribution is -2.43. The van der Waals surface area contributed by atoms with Gasteiger partial charge in [-0.15, -0.1) is 0 Å². The minimum Gasteiger partial charge on any atom is -0.396 e. The van der Waals surface area contributed by atoms with Crippen LogP contribution in [-0.4, -0.2) is 71.5 Å². The molecular weight excluding hydrogens is 300 g/mol. The van der Waals surface area contributed by atoms with Crippen molar-refractivity contribution in [2.45, 2.75) is 13.0 Å². The average molecular weight is 322 g/mol. The first-order valence-corrected chi connectivity index (χ1v) is 7.96. The van der Waals surface area contributed by atoms with E-state index in [1.165, 1.54) is 4.57 Å². The molecule has 1 aromatic heterocycles. The van der Waals surface area contributed by atoms with Gasteiger partial charge in [0.25, 0.3) is 5.56 Å². The van der Waals surface area contributed by atoms with E-state index in [9.17, 15) is 14.7 Å². The molecular formula is C15H22N4O4. The quantitative estimate of drug-likeness (QED) is 0.759. The first kappa shape index (κ1) is 15.9. The average Bonchev–Trinajstić information content (AvgIpc) is 3.06. The number of hydrogen-bond acceptors (Lipinski definition) is 6. The van der Waals surface area contributed by atoms with Crippen LogP contribution in [0.2, 0.25) is 0 Å². The van der Waals surface area contributed by atoms with Crippen LogP contribution in [0.3, 0.4) is 0 Å². The molecule has 1 atom stereocenters. The van der Waals surface area contributed by atoms with Gasteiger partial charge in [-0.2, -0.15) is 0 Å². The fourth-order valence-electron chi connectivity index (χ4n) is 3.01. The third kappa shape index (κ3) is 3.53. The van der Waals surface area contributed by atoms with E-state index >= 15 is 0 Å². The van der Waals surface area contributed by atoms with Crippen molar-refractivity contribution in [2.24, 2.45) is 5.92 Å². The van der Waals surface area contributed by atoms with Crippen molar-refractivity contribution in [2.75, 3.05) is 50.9 Å². The van der Waals surface area contributed by atoms with Gasteiger partial charge in [0.1, 0.15) is 6.54 Å². The van der Waals surface area contributed by atoms with Crippen LogP contribution < -0.4 is 10.5 Å². The first-order chi connectivity index (χ1) is 11.2. The van der Waals surface area contributed by atoms with Gasteiger partial charge in [-0.25, -0.2) is 4.98 Å². The summed E-state index contributed by atoms with van der Waals surface area (Å²) in [6, 6.07) is 0. The monoisotopic (exact) mass is 322 g/mol. The van der Waals surface area contributed by atoms with Crippen LogP contribution in [0.25, 0.3) is 0 Å². The van der Waals surface area contributed by atoms with E-state index in [0.29, 0.717) is 45.2 Å². The zero-order valence-electron chi connectivity index (χ0n) is 13.1. The molecule has 2 aliphatic heterocycles. The normalized spacial score (nSPS) is 21.7. The van der Waals surface area contributed by atoms with Gasteiger partial charge in [0, 0.05) is 51.1 Å². The predicted octanol–water partition coefficient (Wildman–Crippen LogP) is -1.08. The summed E-state index contributed by atoms with van der Waals surface area (Å²) in [5.74, 6) is 0.459.